The van der Waals surface area contributed by atoms with E-state index in [9.17, 15) is 0 Å². The van der Waals surface area contributed by atoms with Crippen LogP contribution >= 0.6 is 34.7 Å². The maximum absolute atomic E-state index is 6.09. The normalized spacial score (nSPS) is 10.7. The third kappa shape index (κ3) is 3.71. The van der Waals surface area contributed by atoms with Crippen LogP contribution in [0.15, 0.2) is 34.5 Å². The average molecular weight is 285 g/mol. The summed E-state index contributed by atoms with van der Waals surface area (Å²) in [6, 6.07) is 7.87. The number of nitrogens with zero attached hydrogens (tertiary/aromatic N) is 1. The SMILES string of the molecule is NCCc1csc(CSc2ccccc2Cl)n1. The molecular weight excluding hydrogens is 272 g/mol. The molecular formula is C12H13ClN2S2. The van der Waals surface area contributed by atoms with Gasteiger partial charge in [0.1, 0.15) is 5.01 Å². The van der Waals surface area contributed by atoms with Crippen LogP contribution in [0.3, 0.4) is 0 Å². The molecule has 2 nitrogen and oxygen atoms in total. The molecule has 0 unspecified atom stereocenters. The van der Waals surface area contributed by atoms with Gasteiger partial charge in [0.05, 0.1) is 16.5 Å². The zero-order valence-electron chi connectivity index (χ0n) is 9.23. The highest BCUT2D eigenvalue weighted by atomic mass is 35.5. The fourth-order valence-corrected chi connectivity index (χ4v) is 3.46. The molecule has 2 aromatic rings. The second-order valence-electron chi connectivity index (χ2n) is 3.49. The van der Waals surface area contributed by atoms with E-state index in [0.717, 1.165) is 32.8 Å². The lowest BCUT2D eigenvalue weighted by atomic mass is 10.3. The smallest absolute Gasteiger partial charge is 0.103 e. The largest absolute Gasteiger partial charge is 0.330 e. The molecule has 2 rings (SSSR count). The molecule has 0 saturated carbocycles. The summed E-state index contributed by atoms with van der Waals surface area (Å²) < 4.78 is 0. The molecule has 0 spiro atoms. The van der Waals surface area contributed by atoms with E-state index in [1.807, 2.05) is 24.3 Å². The number of aromatic nitrogens is 1. The summed E-state index contributed by atoms with van der Waals surface area (Å²) in [5.74, 6) is 0.860. The average Bonchev–Trinajstić information content (AvgIpc) is 2.76. The van der Waals surface area contributed by atoms with Crippen molar-refractivity contribution >= 4 is 34.7 Å². The first-order chi connectivity index (χ1) is 8.29. The van der Waals surface area contributed by atoms with Gasteiger partial charge in [0, 0.05) is 16.7 Å². The van der Waals surface area contributed by atoms with Gasteiger partial charge in [-0.1, -0.05) is 23.7 Å². The second-order valence-corrected chi connectivity index (χ2v) is 5.86. The van der Waals surface area contributed by atoms with E-state index in [2.05, 4.69) is 10.4 Å². The molecule has 1 aromatic carbocycles. The minimum absolute atomic E-state index is 0.654. The molecule has 2 N–H and O–H groups in total. The van der Waals surface area contributed by atoms with Crippen LogP contribution in [0.5, 0.6) is 0 Å². The highest BCUT2D eigenvalue weighted by Crippen LogP contribution is 2.30. The van der Waals surface area contributed by atoms with Gasteiger partial charge in [-0.25, -0.2) is 4.98 Å². The van der Waals surface area contributed by atoms with E-state index in [-0.39, 0.29) is 0 Å². The Morgan fingerprint density at radius 1 is 1.35 bits per heavy atom. The Hall–Kier alpha value is -0.550. The molecule has 0 atom stereocenters. The molecule has 0 amide bonds. The van der Waals surface area contributed by atoms with Crippen LogP contribution in [-0.4, -0.2) is 11.5 Å². The van der Waals surface area contributed by atoms with Gasteiger partial charge in [-0.15, -0.1) is 23.1 Å². The Labute approximate surface area is 114 Å². The van der Waals surface area contributed by atoms with Crippen molar-refractivity contribution in [1.82, 2.24) is 4.98 Å². The van der Waals surface area contributed by atoms with Crippen molar-refractivity contribution in [2.75, 3.05) is 6.54 Å². The van der Waals surface area contributed by atoms with E-state index in [1.165, 1.54) is 0 Å². The zero-order valence-corrected chi connectivity index (χ0v) is 11.6. The number of benzene rings is 1. The molecule has 0 bridgehead atoms. The number of rotatable bonds is 5. The molecule has 0 radical (unpaired) electrons. The monoisotopic (exact) mass is 284 g/mol. The molecule has 0 aliphatic heterocycles. The minimum atomic E-state index is 0.654. The fraction of sp³-hybridized carbons (Fsp3) is 0.250. The first-order valence-corrected chi connectivity index (χ1v) is 7.54. The summed E-state index contributed by atoms with van der Waals surface area (Å²) in [5.41, 5.74) is 6.59. The van der Waals surface area contributed by atoms with Gasteiger partial charge >= 0.3 is 0 Å². The summed E-state index contributed by atoms with van der Waals surface area (Å²) in [6.45, 7) is 0.654. The lowest BCUT2D eigenvalue weighted by molar-refractivity contribution is 0.928. The summed E-state index contributed by atoms with van der Waals surface area (Å²) in [7, 11) is 0. The Balaban J connectivity index is 1.95. The van der Waals surface area contributed by atoms with E-state index in [4.69, 9.17) is 17.3 Å². The van der Waals surface area contributed by atoms with Crippen LogP contribution in [0, 0.1) is 0 Å². The fourth-order valence-electron chi connectivity index (χ4n) is 1.38. The number of hydrogen-bond donors (Lipinski definition) is 1. The minimum Gasteiger partial charge on any atom is -0.330 e. The Kier molecular flexibility index (Phi) is 4.86. The van der Waals surface area contributed by atoms with Crippen molar-refractivity contribution in [2.45, 2.75) is 17.1 Å². The van der Waals surface area contributed by atoms with Gasteiger partial charge in [0.2, 0.25) is 0 Å². The third-order valence-corrected chi connectivity index (χ3v) is 4.79. The molecule has 90 valence electrons. The van der Waals surface area contributed by atoms with Crippen molar-refractivity contribution in [1.29, 1.82) is 0 Å². The van der Waals surface area contributed by atoms with Crippen LogP contribution in [0.1, 0.15) is 10.7 Å². The Morgan fingerprint density at radius 2 is 2.18 bits per heavy atom. The molecule has 0 fully saturated rings. The van der Waals surface area contributed by atoms with E-state index in [1.54, 1.807) is 23.1 Å². The standard InChI is InChI=1S/C12H13ClN2S2/c13-10-3-1-2-4-11(10)16-8-12-15-9(5-6-14)7-17-12/h1-4,7H,5-6,8,14H2. The molecule has 17 heavy (non-hydrogen) atoms. The van der Waals surface area contributed by atoms with Crippen molar-refractivity contribution in [2.24, 2.45) is 5.73 Å². The van der Waals surface area contributed by atoms with Gasteiger partial charge < -0.3 is 5.73 Å². The maximum atomic E-state index is 6.09. The molecule has 0 aliphatic carbocycles. The lowest BCUT2D eigenvalue weighted by Crippen LogP contribution is -2.02. The molecule has 1 heterocycles. The van der Waals surface area contributed by atoms with E-state index >= 15 is 0 Å². The number of hydrogen-bond acceptors (Lipinski definition) is 4. The molecule has 0 saturated heterocycles. The van der Waals surface area contributed by atoms with E-state index < -0.39 is 0 Å². The first-order valence-electron chi connectivity index (χ1n) is 5.30. The van der Waals surface area contributed by atoms with Crippen LogP contribution in [0.2, 0.25) is 5.02 Å². The highest BCUT2D eigenvalue weighted by molar-refractivity contribution is 7.98. The summed E-state index contributed by atoms with van der Waals surface area (Å²) in [6.07, 6.45) is 0.854. The Morgan fingerprint density at radius 3 is 2.94 bits per heavy atom. The lowest BCUT2D eigenvalue weighted by Gasteiger charge is -2.01. The second kappa shape index (κ2) is 6.40. The van der Waals surface area contributed by atoms with Gasteiger partial charge in [0.15, 0.2) is 0 Å². The highest BCUT2D eigenvalue weighted by Gasteiger charge is 2.04. The Bertz CT molecular complexity index is 485. The molecule has 1 aromatic heterocycles. The van der Waals surface area contributed by atoms with Crippen molar-refractivity contribution in [3.8, 4) is 0 Å². The van der Waals surface area contributed by atoms with Crippen molar-refractivity contribution in [3.05, 3.63) is 45.4 Å². The summed E-state index contributed by atoms with van der Waals surface area (Å²) in [4.78, 5) is 5.62. The van der Waals surface area contributed by atoms with Gasteiger partial charge in [-0.05, 0) is 18.7 Å². The van der Waals surface area contributed by atoms with Crippen LogP contribution in [0.25, 0.3) is 0 Å². The summed E-state index contributed by atoms with van der Waals surface area (Å²) >= 11 is 9.49. The number of thioether (sulfide) groups is 1. The molecule has 5 heteroatoms. The number of nitrogens with two attached hydrogens (primary N) is 1. The summed E-state index contributed by atoms with van der Waals surface area (Å²) in [5, 5.41) is 4.00. The third-order valence-electron chi connectivity index (χ3n) is 2.19. The van der Waals surface area contributed by atoms with Crippen LogP contribution < -0.4 is 5.73 Å². The van der Waals surface area contributed by atoms with Crippen molar-refractivity contribution < 1.29 is 0 Å². The van der Waals surface area contributed by atoms with Crippen molar-refractivity contribution in [3.63, 3.8) is 0 Å². The van der Waals surface area contributed by atoms with Gasteiger partial charge in [-0.3, -0.25) is 0 Å². The predicted molar refractivity (Wildman–Crippen MR) is 75.9 cm³/mol. The van der Waals surface area contributed by atoms with Gasteiger partial charge in [0.25, 0.3) is 0 Å². The van der Waals surface area contributed by atoms with Gasteiger partial charge in [-0.2, -0.15) is 0 Å². The molecule has 0 aliphatic rings. The topological polar surface area (TPSA) is 38.9 Å². The zero-order chi connectivity index (χ0) is 12.1. The first kappa shape index (κ1) is 12.9. The van der Waals surface area contributed by atoms with Crippen LogP contribution in [0.4, 0.5) is 0 Å². The quantitative estimate of drug-likeness (QED) is 0.853. The number of halogens is 1. The van der Waals surface area contributed by atoms with E-state index in [0.29, 0.717) is 6.54 Å². The maximum Gasteiger partial charge on any atom is 0.103 e. The van der Waals surface area contributed by atoms with Crippen LogP contribution in [-0.2, 0) is 12.2 Å². The number of thiazole rings is 1. The predicted octanol–water partition coefficient (Wildman–Crippen LogP) is 3.59.